The SMILES string of the molecule is CCc1nnnn1-c1ccccc1NC(=O)Cc1cc(C)on1. The van der Waals surface area contributed by atoms with Crippen LogP contribution in [-0.2, 0) is 17.6 Å². The highest BCUT2D eigenvalue weighted by Crippen LogP contribution is 2.20. The van der Waals surface area contributed by atoms with E-state index in [4.69, 9.17) is 4.52 Å². The quantitative estimate of drug-likeness (QED) is 0.770. The number of hydrogen-bond acceptors (Lipinski definition) is 6. The molecule has 0 spiro atoms. The van der Waals surface area contributed by atoms with Crippen molar-refractivity contribution < 1.29 is 9.32 Å². The lowest BCUT2D eigenvalue weighted by Crippen LogP contribution is -2.17. The Labute approximate surface area is 132 Å². The number of benzene rings is 1. The summed E-state index contributed by atoms with van der Waals surface area (Å²) >= 11 is 0. The Morgan fingerprint density at radius 1 is 1.35 bits per heavy atom. The molecule has 118 valence electrons. The molecule has 8 heteroatoms. The first-order chi connectivity index (χ1) is 11.2. The van der Waals surface area contributed by atoms with Crippen molar-refractivity contribution >= 4 is 11.6 Å². The summed E-state index contributed by atoms with van der Waals surface area (Å²) in [5.74, 6) is 1.21. The summed E-state index contributed by atoms with van der Waals surface area (Å²) in [5, 5.41) is 18.3. The van der Waals surface area contributed by atoms with E-state index in [-0.39, 0.29) is 12.3 Å². The molecule has 3 aromatic rings. The second-order valence-corrected chi connectivity index (χ2v) is 5.03. The van der Waals surface area contributed by atoms with Gasteiger partial charge in [-0.3, -0.25) is 4.79 Å². The van der Waals surface area contributed by atoms with Crippen molar-refractivity contribution in [2.75, 3.05) is 5.32 Å². The highest BCUT2D eigenvalue weighted by molar-refractivity contribution is 5.93. The maximum atomic E-state index is 12.2. The second kappa shape index (κ2) is 6.39. The number of rotatable bonds is 5. The van der Waals surface area contributed by atoms with E-state index in [1.807, 2.05) is 31.2 Å². The summed E-state index contributed by atoms with van der Waals surface area (Å²) in [6, 6.07) is 9.11. The predicted molar refractivity (Wildman–Crippen MR) is 82.1 cm³/mol. The van der Waals surface area contributed by atoms with Gasteiger partial charge in [-0.05, 0) is 29.5 Å². The van der Waals surface area contributed by atoms with Crippen molar-refractivity contribution in [3.8, 4) is 5.69 Å². The molecule has 0 fully saturated rings. The van der Waals surface area contributed by atoms with Gasteiger partial charge in [-0.15, -0.1) is 5.10 Å². The molecular weight excluding hydrogens is 296 g/mol. The molecule has 0 radical (unpaired) electrons. The molecule has 1 N–H and O–H groups in total. The van der Waals surface area contributed by atoms with E-state index >= 15 is 0 Å². The Morgan fingerprint density at radius 3 is 2.91 bits per heavy atom. The second-order valence-electron chi connectivity index (χ2n) is 5.03. The first-order valence-corrected chi connectivity index (χ1v) is 7.26. The van der Waals surface area contributed by atoms with E-state index in [0.29, 0.717) is 23.6 Å². The number of para-hydroxylation sites is 2. The Morgan fingerprint density at radius 2 is 2.17 bits per heavy atom. The molecule has 0 atom stereocenters. The van der Waals surface area contributed by atoms with Crippen LogP contribution in [0.5, 0.6) is 0 Å². The molecule has 2 aromatic heterocycles. The lowest BCUT2D eigenvalue weighted by molar-refractivity contribution is -0.115. The fourth-order valence-corrected chi connectivity index (χ4v) is 2.24. The zero-order valence-corrected chi connectivity index (χ0v) is 12.9. The van der Waals surface area contributed by atoms with Gasteiger partial charge in [-0.2, -0.15) is 4.68 Å². The maximum absolute atomic E-state index is 12.2. The van der Waals surface area contributed by atoms with Gasteiger partial charge in [0.1, 0.15) is 5.76 Å². The van der Waals surface area contributed by atoms with E-state index in [1.165, 1.54) is 0 Å². The molecule has 1 amide bonds. The van der Waals surface area contributed by atoms with Crippen LogP contribution >= 0.6 is 0 Å². The maximum Gasteiger partial charge on any atom is 0.230 e. The minimum atomic E-state index is -0.183. The zero-order valence-electron chi connectivity index (χ0n) is 12.9. The zero-order chi connectivity index (χ0) is 16.2. The number of aromatic nitrogens is 5. The van der Waals surface area contributed by atoms with Crippen LogP contribution in [0.2, 0.25) is 0 Å². The van der Waals surface area contributed by atoms with Gasteiger partial charge in [-0.25, -0.2) is 0 Å². The average molecular weight is 312 g/mol. The third-order valence-electron chi connectivity index (χ3n) is 3.28. The summed E-state index contributed by atoms with van der Waals surface area (Å²) in [7, 11) is 0. The average Bonchev–Trinajstić information content (AvgIpc) is 3.16. The van der Waals surface area contributed by atoms with Gasteiger partial charge in [0.25, 0.3) is 0 Å². The molecule has 0 aliphatic carbocycles. The molecule has 8 nitrogen and oxygen atoms in total. The molecule has 0 aliphatic heterocycles. The third kappa shape index (κ3) is 3.25. The van der Waals surface area contributed by atoms with Crippen LogP contribution in [0.15, 0.2) is 34.9 Å². The molecular formula is C15H16N6O2. The smallest absolute Gasteiger partial charge is 0.230 e. The first kappa shape index (κ1) is 14.9. The van der Waals surface area contributed by atoms with Crippen molar-refractivity contribution in [1.82, 2.24) is 25.4 Å². The van der Waals surface area contributed by atoms with Crippen molar-refractivity contribution in [3.63, 3.8) is 0 Å². The van der Waals surface area contributed by atoms with Crippen molar-refractivity contribution in [3.05, 3.63) is 47.6 Å². The summed E-state index contributed by atoms with van der Waals surface area (Å²) in [4.78, 5) is 12.2. The molecule has 23 heavy (non-hydrogen) atoms. The fraction of sp³-hybridized carbons (Fsp3) is 0.267. The number of tetrazole rings is 1. The van der Waals surface area contributed by atoms with Crippen LogP contribution in [-0.4, -0.2) is 31.3 Å². The minimum Gasteiger partial charge on any atom is -0.361 e. The molecule has 0 saturated carbocycles. The van der Waals surface area contributed by atoms with Crippen molar-refractivity contribution in [1.29, 1.82) is 0 Å². The van der Waals surface area contributed by atoms with Crippen LogP contribution in [0, 0.1) is 6.92 Å². The number of hydrogen-bond donors (Lipinski definition) is 1. The lowest BCUT2D eigenvalue weighted by atomic mass is 10.2. The van der Waals surface area contributed by atoms with Gasteiger partial charge < -0.3 is 9.84 Å². The topological polar surface area (TPSA) is 98.7 Å². The summed E-state index contributed by atoms with van der Waals surface area (Å²) in [6.07, 6.45) is 0.829. The highest BCUT2D eigenvalue weighted by atomic mass is 16.5. The fourth-order valence-electron chi connectivity index (χ4n) is 2.24. The van der Waals surface area contributed by atoms with E-state index in [1.54, 1.807) is 17.7 Å². The number of carbonyl (C=O) groups is 1. The third-order valence-corrected chi connectivity index (χ3v) is 3.28. The first-order valence-electron chi connectivity index (χ1n) is 7.26. The lowest BCUT2D eigenvalue weighted by Gasteiger charge is -2.11. The van der Waals surface area contributed by atoms with Crippen LogP contribution in [0.3, 0.4) is 0 Å². The van der Waals surface area contributed by atoms with Gasteiger partial charge in [0, 0.05) is 12.5 Å². The number of nitrogens with one attached hydrogen (secondary N) is 1. The van der Waals surface area contributed by atoms with Crippen LogP contribution in [0.1, 0.15) is 24.2 Å². The Hall–Kier alpha value is -3.03. The van der Waals surface area contributed by atoms with Crippen LogP contribution in [0.4, 0.5) is 5.69 Å². The molecule has 0 bridgehead atoms. The van der Waals surface area contributed by atoms with Gasteiger partial charge in [0.15, 0.2) is 5.82 Å². The molecule has 0 aliphatic rings. The van der Waals surface area contributed by atoms with Crippen molar-refractivity contribution in [2.24, 2.45) is 0 Å². The minimum absolute atomic E-state index is 0.141. The number of amides is 1. The Balaban J connectivity index is 1.82. The van der Waals surface area contributed by atoms with Gasteiger partial charge in [0.2, 0.25) is 5.91 Å². The number of anilines is 1. The summed E-state index contributed by atoms with van der Waals surface area (Å²) in [6.45, 7) is 3.75. The highest BCUT2D eigenvalue weighted by Gasteiger charge is 2.14. The summed E-state index contributed by atoms with van der Waals surface area (Å²) < 4.78 is 6.59. The molecule has 1 aromatic carbocycles. The van der Waals surface area contributed by atoms with Crippen molar-refractivity contribution in [2.45, 2.75) is 26.7 Å². The monoisotopic (exact) mass is 312 g/mol. The molecule has 2 heterocycles. The van der Waals surface area contributed by atoms with Gasteiger partial charge in [0.05, 0.1) is 23.5 Å². The summed E-state index contributed by atoms with van der Waals surface area (Å²) in [5.41, 5.74) is 1.95. The van der Waals surface area contributed by atoms with Gasteiger partial charge in [-0.1, -0.05) is 24.2 Å². The van der Waals surface area contributed by atoms with Crippen LogP contribution < -0.4 is 5.32 Å². The van der Waals surface area contributed by atoms with E-state index in [0.717, 1.165) is 11.5 Å². The Bertz CT molecular complexity index is 823. The van der Waals surface area contributed by atoms with Gasteiger partial charge >= 0.3 is 0 Å². The number of carbonyl (C=O) groups excluding carboxylic acids is 1. The standard InChI is InChI=1S/C15H16N6O2/c1-3-14-17-19-20-21(14)13-7-5-4-6-12(13)16-15(22)9-11-8-10(2)23-18-11/h4-8H,3,9H2,1-2H3,(H,16,22). The predicted octanol–water partition coefficient (Wildman–Crippen LogP) is 1.70. The molecule has 0 saturated heterocycles. The molecule has 3 rings (SSSR count). The van der Waals surface area contributed by atoms with E-state index in [9.17, 15) is 4.79 Å². The Kier molecular flexibility index (Phi) is 4.13. The number of aryl methyl sites for hydroxylation is 2. The van der Waals surface area contributed by atoms with E-state index in [2.05, 4.69) is 26.0 Å². The van der Waals surface area contributed by atoms with Crippen LogP contribution in [0.25, 0.3) is 5.69 Å². The largest absolute Gasteiger partial charge is 0.361 e. The van der Waals surface area contributed by atoms with E-state index < -0.39 is 0 Å². The number of nitrogens with zero attached hydrogens (tertiary/aromatic N) is 5. The molecule has 0 unspecified atom stereocenters. The normalized spacial score (nSPS) is 10.7.